The van der Waals surface area contributed by atoms with E-state index in [0.29, 0.717) is 22.3 Å². The van der Waals surface area contributed by atoms with Crippen molar-refractivity contribution in [3.8, 4) is 77.9 Å². The molecule has 0 fully saturated rings. The zero-order chi connectivity index (χ0) is 43.8. The molecule has 310 valence electrons. The van der Waals surface area contributed by atoms with Gasteiger partial charge in [-0.15, -0.1) is 0 Å². The maximum Gasteiger partial charge on any atom is 0.402 e. The van der Waals surface area contributed by atoms with Crippen molar-refractivity contribution in [1.29, 1.82) is 0 Å². The second-order valence-corrected chi connectivity index (χ2v) is 18.2. The molecule has 11 rings (SSSR count). The topological polar surface area (TPSA) is 0 Å². The first-order chi connectivity index (χ1) is 30.0. The van der Waals surface area contributed by atoms with Crippen molar-refractivity contribution < 1.29 is 26.3 Å². The Morgan fingerprint density at radius 1 is 0.270 bits per heavy atom. The van der Waals surface area contributed by atoms with Crippen LogP contribution in [-0.4, -0.2) is 12.4 Å². The molecule has 63 heavy (non-hydrogen) atoms. The van der Waals surface area contributed by atoms with E-state index in [1.165, 1.54) is 36.1 Å². The smallest absolute Gasteiger partial charge is 0.170 e. The van der Waals surface area contributed by atoms with Crippen LogP contribution in [0.4, 0.5) is 26.3 Å². The van der Waals surface area contributed by atoms with Crippen LogP contribution in [0.3, 0.4) is 0 Å². The molecule has 2 atom stereocenters. The summed E-state index contributed by atoms with van der Waals surface area (Å²) in [7, 11) is 0. The minimum absolute atomic E-state index is 0.278. The molecule has 0 aliphatic heterocycles. The molecule has 0 bridgehead atoms. The predicted octanol–water partition coefficient (Wildman–Crippen LogP) is 16.4. The Hall–Kier alpha value is -6.66. The van der Waals surface area contributed by atoms with E-state index >= 15 is 0 Å². The molecule has 0 spiro atoms. The van der Waals surface area contributed by atoms with Gasteiger partial charge >= 0.3 is 12.4 Å². The zero-order valence-electron chi connectivity index (χ0n) is 34.9. The molecule has 0 amide bonds. The van der Waals surface area contributed by atoms with E-state index in [1.54, 1.807) is 60.7 Å². The van der Waals surface area contributed by atoms with Crippen molar-refractivity contribution in [2.75, 3.05) is 0 Å². The highest BCUT2D eigenvalue weighted by molar-refractivity contribution is 5.88. The van der Waals surface area contributed by atoms with Gasteiger partial charge in [0.15, 0.2) is 0 Å². The minimum atomic E-state index is -4.46. The fourth-order valence-electron chi connectivity index (χ4n) is 10.8. The van der Waals surface area contributed by atoms with Gasteiger partial charge < -0.3 is 0 Å². The molecule has 6 heteroatoms. The number of alkyl halides is 6. The summed E-state index contributed by atoms with van der Waals surface area (Å²) in [5.41, 5.74) is 11.2. The average Bonchev–Trinajstić information content (AvgIpc) is 3.81. The highest BCUT2D eigenvalue weighted by atomic mass is 19.4. The third-order valence-electron chi connectivity index (χ3n) is 14.5. The van der Waals surface area contributed by atoms with Gasteiger partial charge in [0.05, 0.1) is 0 Å². The summed E-state index contributed by atoms with van der Waals surface area (Å²) >= 11 is 0. The number of fused-ring (bicyclic) bond motifs is 9. The summed E-state index contributed by atoms with van der Waals surface area (Å²) in [4.78, 5) is 0. The van der Waals surface area contributed by atoms with Gasteiger partial charge in [0.1, 0.15) is 10.8 Å². The van der Waals surface area contributed by atoms with Crippen molar-refractivity contribution in [3.05, 3.63) is 203 Å². The van der Waals surface area contributed by atoms with Gasteiger partial charge in [0, 0.05) is 5.41 Å². The number of benzene rings is 8. The van der Waals surface area contributed by atoms with Crippen LogP contribution in [0.2, 0.25) is 0 Å². The Balaban J connectivity index is 0.860. The van der Waals surface area contributed by atoms with Crippen molar-refractivity contribution >= 4 is 0 Å². The maximum atomic E-state index is 14.8. The summed E-state index contributed by atoms with van der Waals surface area (Å²) in [5.74, 6) is 0. The molecule has 0 heterocycles. The highest BCUT2D eigenvalue weighted by Gasteiger charge is 2.59. The first kappa shape index (κ1) is 39.2. The highest BCUT2D eigenvalue weighted by Crippen LogP contribution is 2.59. The van der Waals surface area contributed by atoms with Crippen LogP contribution >= 0.6 is 0 Å². The Labute approximate surface area is 362 Å². The molecule has 2 unspecified atom stereocenters. The van der Waals surface area contributed by atoms with E-state index < -0.39 is 23.2 Å². The van der Waals surface area contributed by atoms with Crippen LogP contribution in [-0.2, 0) is 16.2 Å². The Kier molecular flexibility index (Phi) is 8.20. The SMILES string of the molecule is CC1(C)c2cc(-c3ccc(-c4ccc5c(c4)C(C)(C(F)(F)F)c4ccccc4-5)cc3)ccc2-c2ccc(-c3ccc(-c4ccc5c(c4)C(C)(C(F)(F)F)c4ccccc4-5)cc3)cc21. The monoisotopic (exact) mass is 838 g/mol. The van der Waals surface area contributed by atoms with E-state index in [-0.39, 0.29) is 27.7 Å². The average molecular weight is 839 g/mol. The van der Waals surface area contributed by atoms with Gasteiger partial charge in [-0.05, 0) is 149 Å². The number of hydrogen-bond donors (Lipinski definition) is 0. The van der Waals surface area contributed by atoms with Gasteiger partial charge in [0.25, 0.3) is 0 Å². The fourth-order valence-corrected chi connectivity index (χ4v) is 10.8. The lowest BCUT2D eigenvalue weighted by atomic mass is 9.78. The summed E-state index contributed by atoms with van der Waals surface area (Å²) in [6.45, 7) is 7.04. The van der Waals surface area contributed by atoms with Crippen LogP contribution in [0.1, 0.15) is 61.1 Å². The molecule has 0 radical (unpaired) electrons. The van der Waals surface area contributed by atoms with Crippen LogP contribution in [0.15, 0.2) is 170 Å². The summed E-state index contributed by atoms with van der Waals surface area (Å²) in [6, 6.07) is 53.7. The molecular formula is C57H40F6. The van der Waals surface area contributed by atoms with Crippen LogP contribution in [0.25, 0.3) is 77.9 Å². The second-order valence-electron chi connectivity index (χ2n) is 18.2. The third-order valence-corrected chi connectivity index (χ3v) is 14.5. The molecule has 0 saturated heterocycles. The molecule has 8 aromatic rings. The van der Waals surface area contributed by atoms with E-state index in [2.05, 4.69) is 50.2 Å². The van der Waals surface area contributed by atoms with Gasteiger partial charge in [-0.1, -0.05) is 159 Å². The quantitative estimate of drug-likeness (QED) is 0.155. The molecule has 8 aromatic carbocycles. The van der Waals surface area contributed by atoms with Gasteiger partial charge in [-0.3, -0.25) is 0 Å². The van der Waals surface area contributed by atoms with Gasteiger partial charge in [0.2, 0.25) is 0 Å². The van der Waals surface area contributed by atoms with Crippen molar-refractivity contribution in [2.45, 2.75) is 56.3 Å². The molecule has 0 saturated carbocycles. The van der Waals surface area contributed by atoms with Gasteiger partial charge in [-0.25, -0.2) is 0 Å². The lowest BCUT2D eigenvalue weighted by molar-refractivity contribution is -0.172. The first-order valence-electron chi connectivity index (χ1n) is 21.1. The maximum absolute atomic E-state index is 14.8. The van der Waals surface area contributed by atoms with E-state index in [0.717, 1.165) is 44.5 Å². The Morgan fingerprint density at radius 2 is 0.508 bits per heavy atom. The van der Waals surface area contributed by atoms with Crippen LogP contribution in [0, 0.1) is 0 Å². The van der Waals surface area contributed by atoms with E-state index in [1.807, 2.05) is 72.8 Å². The largest absolute Gasteiger partial charge is 0.402 e. The summed E-state index contributed by atoms with van der Waals surface area (Å²) < 4.78 is 88.6. The fraction of sp³-hybridized carbons (Fsp3) is 0.158. The molecule has 0 nitrogen and oxygen atoms in total. The normalized spacial score (nSPS) is 18.9. The lowest BCUT2D eigenvalue weighted by Gasteiger charge is -2.30. The molecule has 0 N–H and O–H groups in total. The van der Waals surface area contributed by atoms with Gasteiger partial charge in [-0.2, -0.15) is 26.3 Å². The molecular weight excluding hydrogens is 799 g/mol. The number of hydrogen-bond acceptors (Lipinski definition) is 0. The van der Waals surface area contributed by atoms with Crippen molar-refractivity contribution in [3.63, 3.8) is 0 Å². The Morgan fingerprint density at radius 3 is 0.810 bits per heavy atom. The minimum Gasteiger partial charge on any atom is -0.170 e. The lowest BCUT2D eigenvalue weighted by Crippen LogP contribution is -2.38. The zero-order valence-corrected chi connectivity index (χ0v) is 34.9. The van der Waals surface area contributed by atoms with Crippen molar-refractivity contribution in [2.24, 2.45) is 0 Å². The van der Waals surface area contributed by atoms with E-state index in [9.17, 15) is 26.3 Å². The molecule has 0 aromatic heterocycles. The van der Waals surface area contributed by atoms with Crippen molar-refractivity contribution in [1.82, 2.24) is 0 Å². The second kappa shape index (κ2) is 13.2. The van der Waals surface area contributed by atoms with E-state index in [4.69, 9.17) is 0 Å². The summed E-state index contributed by atoms with van der Waals surface area (Å²) in [5, 5.41) is 0. The molecule has 3 aliphatic rings. The van der Waals surface area contributed by atoms with Crippen LogP contribution < -0.4 is 0 Å². The third kappa shape index (κ3) is 5.49. The number of rotatable bonds is 4. The molecule has 3 aliphatic carbocycles. The van der Waals surface area contributed by atoms with Crippen LogP contribution in [0.5, 0.6) is 0 Å². The summed E-state index contributed by atoms with van der Waals surface area (Å²) in [6.07, 6.45) is -8.92. The Bertz CT molecular complexity index is 2970. The standard InChI is InChI=1S/C57H40F6/c1-53(2)49-29-37(33-13-17-35(18-14-33)39-23-27-45-41-9-5-7-11-47(41)54(3,51(45)31-39)56(58,59)60)21-25-43(49)44-26-22-38(30-50(44)53)34-15-19-36(20-16-34)40-24-28-46-42-10-6-8-12-48(42)55(4,52(46)32-40)57(61,62)63/h5-32H,1-4H3. The number of halogens is 6. The predicted molar refractivity (Wildman–Crippen MR) is 242 cm³/mol. The first-order valence-corrected chi connectivity index (χ1v) is 21.1.